The van der Waals surface area contributed by atoms with E-state index < -0.39 is 5.82 Å². The van der Waals surface area contributed by atoms with E-state index in [0.717, 1.165) is 0 Å². The zero-order chi connectivity index (χ0) is 13.5. The van der Waals surface area contributed by atoms with Crippen LogP contribution in [0.15, 0.2) is 48.4 Å². The molecule has 0 aliphatic carbocycles. The van der Waals surface area contributed by atoms with Crippen LogP contribution in [0.4, 0.5) is 4.39 Å². The van der Waals surface area contributed by atoms with Crippen LogP contribution in [0.25, 0.3) is 0 Å². The lowest BCUT2D eigenvalue weighted by Gasteiger charge is -2.09. The number of halogens is 1. The Labute approximate surface area is 106 Å². The minimum atomic E-state index is -0.396. The molecule has 0 aliphatic rings. The number of allylic oxidation sites excluding steroid dienone is 1. The van der Waals surface area contributed by atoms with Crippen LogP contribution in [-0.4, -0.2) is 19.5 Å². The molecule has 0 saturated carbocycles. The third-order valence-electron chi connectivity index (χ3n) is 2.27. The third kappa shape index (κ3) is 3.45. The van der Waals surface area contributed by atoms with Gasteiger partial charge in [-0.2, -0.15) is 0 Å². The molecular weight excluding hydrogens is 235 g/mol. The number of hydrogen-bond donors (Lipinski definition) is 0. The van der Waals surface area contributed by atoms with Crippen LogP contribution < -0.4 is 0 Å². The molecule has 3 nitrogen and oxygen atoms in total. The molecule has 0 amide bonds. The lowest BCUT2D eigenvalue weighted by molar-refractivity contribution is 0.102. The highest BCUT2D eigenvalue weighted by atomic mass is 19.1. The lowest BCUT2D eigenvalue weighted by atomic mass is 10.0. The van der Waals surface area contributed by atoms with Crippen molar-refractivity contribution in [2.75, 3.05) is 13.7 Å². The van der Waals surface area contributed by atoms with Gasteiger partial charge < -0.3 is 9.47 Å². The zero-order valence-corrected chi connectivity index (χ0v) is 10.4. The molecule has 0 heterocycles. The Balaban J connectivity index is 3.02. The molecule has 4 heteroatoms. The highest BCUT2D eigenvalue weighted by molar-refractivity contribution is 6.10. The first kappa shape index (κ1) is 14.0. The summed E-state index contributed by atoms with van der Waals surface area (Å²) in [6.07, 6.45) is 1.30. The fourth-order valence-corrected chi connectivity index (χ4v) is 1.28. The summed E-state index contributed by atoms with van der Waals surface area (Å²) >= 11 is 0. The van der Waals surface area contributed by atoms with E-state index in [9.17, 15) is 9.18 Å². The molecule has 18 heavy (non-hydrogen) atoms. The third-order valence-corrected chi connectivity index (χ3v) is 2.27. The molecule has 96 valence electrons. The summed E-state index contributed by atoms with van der Waals surface area (Å²) in [6, 6.07) is 5.25. The van der Waals surface area contributed by atoms with E-state index in [4.69, 9.17) is 9.47 Å². The summed E-state index contributed by atoms with van der Waals surface area (Å²) < 4.78 is 22.8. The quantitative estimate of drug-likeness (QED) is 0.337. The molecular formula is C14H15FO3. The van der Waals surface area contributed by atoms with Crippen molar-refractivity contribution in [1.29, 1.82) is 0 Å². The number of rotatable bonds is 6. The average molecular weight is 250 g/mol. The lowest BCUT2D eigenvalue weighted by Crippen LogP contribution is -2.07. The van der Waals surface area contributed by atoms with E-state index in [2.05, 4.69) is 6.58 Å². The predicted octanol–water partition coefficient (Wildman–Crippen LogP) is 3.09. The van der Waals surface area contributed by atoms with Crippen LogP contribution in [-0.2, 0) is 9.47 Å². The van der Waals surface area contributed by atoms with Crippen molar-refractivity contribution in [2.24, 2.45) is 0 Å². The van der Waals surface area contributed by atoms with E-state index in [1.54, 1.807) is 6.92 Å². The Bertz CT molecular complexity index is 460. The number of carbonyl (C=O) groups is 1. The van der Waals surface area contributed by atoms with Crippen LogP contribution in [0, 0.1) is 5.82 Å². The molecule has 0 aliphatic heterocycles. The van der Waals surface area contributed by atoms with Crippen molar-refractivity contribution in [1.82, 2.24) is 0 Å². The molecule has 0 bridgehead atoms. The number of ketones is 1. The van der Waals surface area contributed by atoms with E-state index in [-0.39, 0.29) is 17.1 Å². The molecule has 1 aromatic carbocycles. The largest absolute Gasteiger partial charge is 0.501 e. The normalized spacial score (nSPS) is 10.9. The van der Waals surface area contributed by atoms with Crippen molar-refractivity contribution >= 4 is 5.78 Å². The Kier molecular flexibility index (Phi) is 5.11. The van der Waals surface area contributed by atoms with Gasteiger partial charge in [-0.3, -0.25) is 4.79 Å². The molecule has 0 radical (unpaired) electrons. The van der Waals surface area contributed by atoms with Gasteiger partial charge in [-0.15, -0.1) is 0 Å². The van der Waals surface area contributed by atoms with Gasteiger partial charge in [-0.1, -0.05) is 6.58 Å². The first-order valence-corrected chi connectivity index (χ1v) is 5.45. The van der Waals surface area contributed by atoms with Crippen molar-refractivity contribution in [3.63, 3.8) is 0 Å². The van der Waals surface area contributed by atoms with Gasteiger partial charge in [-0.05, 0) is 31.2 Å². The van der Waals surface area contributed by atoms with Crippen molar-refractivity contribution < 1.29 is 18.7 Å². The highest BCUT2D eigenvalue weighted by Crippen LogP contribution is 2.16. The van der Waals surface area contributed by atoms with Crippen molar-refractivity contribution in [2.45, 2.75) is 6.92 Å². The summed E-state index contributed by atoms with van der Waals surface area (Å²) in [6.45, 7) is 5.85. The highest BCUT2D eigenvalue weighted by Gasteiger charge is 2.16. The van der Waals surface area contributed by atoms with Crippen LogP contribution in [0.5, 0.6) is 0 Å². The van der Waals surface area contributed by atoms with E-state index in [0.29, 0.717) is 12.2 Å². The van der Waals surface area contributed by atoms with E-state index in [1.807, 2.05) is 0 Å². The fraction of sp³-hybridized carbons (Fsp3) is 0.214. The number of hydrogen-bond acceptors (Lipinski definition) is 3. The molecule has 1 aromatic rings. The topological polar surface area (TPSA) is 35.5 Å². The van der Waals surface area contributed by atoms with Gasteiger partial charge in [0.2, 0.25) is 0 Å². The van der Waals surface area contributed by atoms with Gasteiger partial charge in [0, 0.05) is 5.56 Å². The van der Waals surface area contributed by atoms with Gasteiger partial charge in [0.15, 0.2) is 5.78 Å². The van der Waals surface area contributed by atoms with Crippen LogP contribution >= 0.6 is 0 Å². The van der Waals surface area contributed by atoms with Crippen molar-refractivity contribution in [3.8, 4) is 0 Å². The standard InChI is InChI=1S/C14H15FO3/c1-4-18-9-13(10(2)17-3)14(16)11-5-7-12(15)8-6-11/h5-9H,2,4H2,1,3H3/b13-9+. The maximum absolute atomic E-state index is 12.8. The maximum Gasteiger partial charge on any atom is 0.199 e. The fourth-order valence-electron chi connectivity index (χ4n) is 1.28. The molecule has 0 saturated heterocycles. The Morgan fingerprint density at radius 2 is 2.00 bits per heavy atom. The van der Waals surface area contributed by atoms with Gasteiger partial charge in [0.05, 0.1) is 25.6 Å². The number of benzene rings is 1. The smallest absolute Gasteiger partial charge is 0.199 e. The van der Waals surface area contributed by atoms with E-state index >= 15 is 0 Å². The second-order valence-corrected chi connectivity index (χ2v) is 3.45. The molecule has 0 fully saturated rings. The number of ether oxygens (including phenoxy) is 2. The second-order valence-electron chi connectivity index (χ2n) is 3.45. The summed E-state index contributed by atoms with van der Waals surface area (Å²) in [5.74, 6) is -0.513. The second kappa shape index (κ2) is 6.59. The molecule has 0 N–H and O–H groups in total. The predicted molar refractivity (Wildman–Crippen MR) is 66.6 cm³/mol. The average Bonchev–Trinajstić information content (AvgIpc) is 2.39. The zero-order valence-electron chi connectivity index (χ0n) is 10.4. The molecule has 0 atom stereocenters. The number of methoxy groups -OCH3 is 1. The molecule has 0 aromatic heterocycles. The van der Waals surface area contributed by atoms with Crippen LogP contribution in [0.1, 0.15) is 17.3 Å². The molecule has 1 rings (SSSR count). The molecule has 0 spiro atoms. The SMILES string of the molecule is C=C(OC)/C(=C\OCC)C(=O)c1ccc(F)cc1. The summed E-state index contributed by atoms with van der Waals surface area (Å²) in [7, 11) is 1.42. The Morgan fingerprint density at radius 1 is 1.39 bits per heavy atom. The van der Waals surface area contributed by atoms with E-state index in [1.165, 1.54) is 37.6 Å². The van der Waals surface area contributed by atoms with Gasteiger partial charge in [0.1, 0.15) is 11.6 Å². The van der Waals surface area contributed by atoms with Gasteiger partial charge in [-0.25, -0.2) is 4.39 Å². The Hall–Kier alpha value is -2.10. The van der Waals surface area contributed by atoms with Crippen molar-refractivity contribution in [3.05, 3.63) is 59.8 Å². The number of Topliss-reactive ketones (excluding diaryl/α,β-unsaturated/α-hetero) is 1. The minimum absolute atomic E-state index is 0.206. The molecule has 0 unspecified atom stereocenters. The van der Waals surface area contributed by atoms with Gasteiger partial charge in [0.25, 0.3) is 0 Å². The Morgan fingerprint density at radius 3 is 2.50 bits per heavy atom. The first-order chi connectivity index (χ1) is 8.60. The van der Waals surface area contributed by atoms with Crippen LogP contribution in [0.2, 0.25) is 0 Å². The summed E-state index contributed by atoms with van der Waals surface area (Å²) in [4.78, 5) is 12.2. The van der Waals surface area contributed by atoms with Crippen LogP contribution in [0.3, 0.4) is 0 Å². The number of carbonyl (C=O) groups excluding carboxylic acids is 1. The minimum Gasteiger partial charge on any atom is -0.501 e. The first-order valence-electron chi connectivity index (χ1n) is 5.45. The summed E-state index contributed by atoms with van der Waals surface area (Å²) in [5.41, 5.74) is 0.562. The summed E-state index contributed by atoms with van der Waals surface area (Å²) in [5, 5.41) is 0. The maximum atomic E-state index is 12.8. The monoisotopic (exact) mass is 250 g/mol. The van der Waals surface area contributed by atoms with Gasteiger partial charge >= 0.3 is 0 Å².